The van der Waals surface area contributed by atoms with Gasteiger partial charge in [0.2, 0.25) is 11.7 Å². The van der Waals surface area contributed by atoms with Crippen LogP contribution in [0.5, 0.6) is 0 Å². The summed E-state index contributed by atoms with van der Waals surface area (Å²) in [6, 6.07) is 3.74. The fourth-order valence-electron chi connectivity index (χ4n) is 2.76. The third-order valence-electron chi connectivity index (χ3n) is 4.06. The molecular weight excluding hydrogens is 320 g/mol. The Morgan fingerprint density at radius 1 is 1.28 bits per heavy atom. The van der Waals surface area contributed by atoms with Gasteiger partial charge in [-0.3, -0.25) is 14.6 Å². The Kier molecular flexibility index (Phi) is 5.20. The van der Waals surface area contributed by atoms with E-state index in [0.717, 1.165) is 22.5 Å². The molecule has 3 heterocycles. The summed E-state index contributed by atoms with van der Waals surface area (Å²) in [5.74, 6) is 1.10. The van der Waals surface area contributed by atoms with Gasteiger partial charge < -0.3 is 9.63 Å². The summed E-state index contributed by atoms with van der Waals surface area (Å²) in [5.41, 5.74) is 4.03. The van der Waals surface area contributed by atoms with E-state index in [1.807, 2.05) is 37.7 Å². The molecule has 0 aliphatic heterocycles. The minimum Gasteiger partial charge on any atom is -0.394 e. The van der Waals surface area contributed by atoms with Crippen molar-refractivity contribution in [3.8, 4) is 11.4 Å². The van der Waals surface area contributed by atoms with E-state index in [-0.39, 0.29) is 6.61 Å². The molecule has 0 saturated heterocycles. The van der Waals surface area contributed by atoms with E-state index in [1.165, 1.54) is 0 Å². The molecule has 0 bridgehead atoms. The molecule has 3 aromatic rings. The molecule has 132 valence electrons. The van der Waals surface area contributed by atoms with Crippen LogP contribution in [-0.4, -0.2) is 48.6 Å². The standard InChI is InChI=1S/C17H22N6O2/c1-12-15(13(2)23(20-12)7-8-24)10-22(3)11-16-19-17(21-25-16)14-5-4-6-18-9-14/h4-6,9,24H,7-8,10-11H2,1-3H3. The van der Waals surface area contributed by atoms with E-state index < -0.39 is 0 Å². The van der Waals surface area contributed by atoms with Crippen LogP contribution in [0.1, 0.15) is 22.8 Å². The van der Waals surface area contributed by atoms with Gasteiger partial charge >= 0.3 is 0 Å². The van der Waals surface area contributed by atoms with Gasteiger partial charge in [0.1, 0.15) is 0 Å². The van der Waals surface area contributed by atoms with Crippen LogP contribution in [0.15, 0.2) is 29.0 Å². The van der Waals surface area contributed by atoms with Crippen molar-refractivity contribution in [2.45, 2.75) is 33.5 Å². The second-order valence-electron chi connectivity index (χ2n) is 6.02. The molecule has 0 unspecified atom stereocenters. The highest BCUT2D eigenvalue weighted by atomic mass is 16.5. The average Bonchev–Trinajstić information content (AvgIpc) is 3.17. The molecule has 0 spiro atoms. The van der Waals surface area contributed by atoms with Crippen molar-refractivity contribution < 1.29 is 9.63 Å². The zero-order valence-corrected chi connectivity index (χ0v) is 14.7. The summed E-state index contributed by atoms with van der Waals surface area (Å²) in [4.78, 5) is 10.6. The first-order valence-electron chi connectivity index (χ1n) is 8.13. The maximum Gasteiger partial charge on any atom is 0.241 e. The number of pyridine rings is 1. The Morgan fingerprint density at radius 3 is 2.84 bits per heavy atom. The Balaban J connectivity index is 1.67. The Labute approximate surface area is 146 Å². The first-order chi connectivity index (χ1) is 12.1. The van der Waals surface area contributed by atoms with Crippen LogP contribution in [0.4, 0.5) is 0 Å². The Bertz CT molecular complexity index is 827. The zero-order chi connectivity index (χ0) is 17.8. The molecule has 0 saturated carbocycles. The van der Waals surface area contributed by atoms with Gasteiger partial charge in [0, 0.05) is 35.8 Å². The van der Waals surface area contributed by atoms with E-state index in [0.29, 0.717) is 31.3 Å². The molecule has 8 nitrogen and oxygen atoms in total. The second-order valence-corrected chi connectivity index (χ2v) is 6.02. The zero-order valence-electron chi connectivity index (χ0n) is 14.7. The van der Waals surface area contributed by atoms with Crippen molar-refractivity contribution in [3.05, 3.63) is 47.4 Å². The third-order valence-corrected chi connectivity index (χ3v) is 4.06. The highest BCUT2D eigenvalue weighted by molar-refractivity contribution is 5.51. The summed E-state index contributed by atoms with van der Waals surface area (Å²) in [5, 5.41) is 17.6. The van der Waals surface area contributed by atoms with Gasteiger partial charge in [0.15, 0.2) is 0 Å². The van der Waals surface area contributed by atoms with Gasteiger partial charge in [-0.05, 0) is 33.0 Å². The first-order valence-corrected chi connectivity index (χ1v) is 8.13. The van der Waals surface area contributed by atoms with Gasteiger partial charge in [-0.15, -0.1) is 0 Å². The molecule has 0 aromatic carbocycles. The number of nitrogens with zero attached hydrogens (tertiary/aromatic N) is 6. The van der Waals surface area contributed by atoms with Crippen molar-refractivity contribution in [3.63, 3.8) is 0 Å². The minimum absolute atomic E-state index is 0.0797. The third kappa shape index (κ3) is 3.92. The maximum atomic E-state index is 9.11. The normalized spacial score (nSPS) is 11.4. The van der Waals surface area contributed by atoms with Crippen LogP contribution in [0.3, 0.4) is 0 Å². The van der Waals surface area contributed by atoms with Gasteiger partial charge in [-0.1, -0.05) is 5.16 Å². The molecule has 0 atom stereocenters. The molecule has 0 fully saturated rings. The van der Waals surface area contributed by atoms with Crippen LogP contribution in [0, 0.1) is 13.8 Å². The summed E-state index contributed by atoms with van der Waals surface area (Å²) in [6.07, 6.45) is 3.42. The molecular formula is C17H22N6O2. The number of rotatable bonds is 7. The monoisotopic (exact) mass is 342 g/mol. The summed E-state index contributed by atoms with van der Waals surface area (Å²) in [7, 11) is 2.00. The fourth-order valence-corrected chi connectivity index (χ4v) is 2.76. The number of aryl methyl sites for hydroxylation is 1. The molecule has 0 aliphatic carbocycles. The van der Waals surface area contributed by atoms with Gasteiger partial charge in [0.05, 0.1) is 25.4 Å². The minimum atomic E-state index is 0.0797. The highest BCUT2D eigenvalue weighted by Gasteiger charge is 2.16. The number of hydrogen-bond donors (Lipinski definition) is 1. The quantitative estimate of drug-likeness (QED) is 0.696. The molecule has 0 aliphatic rings. The van der Waals surface area contributed by atoms with E-state index in [9.17, 15) is 0 Å². The Hall–Kier alpha value is -2.58. The van der Waals surface area contributed by atoms with Crippen LogP contribution in [0.2, 0.25) is 0 Å². The largest absolute Gasteiger partial charge is 0.394 e. The lowest BCUT2D eigenvalue weighted by Crippen LogP contribution is -2.18. The van der Waals surface area contributed by atoms with Crippen LogP contribution in [-0.2, 0) is 19.6 Å². The van der Waals surface area contributed by atoms with Crippen molar-refractivity contribution >= 4 is 0 Å². The lowest BCUT2D eigenvalue weighted by Gasteiger charge is -2.14. The first kappa shape index (κ1) is 17.2. The fraction of sp³-hybridized carbons (Fsp3) is 0.412. The Morgan fingerprint density at radius 2 is 2.12 bits per heavy atom. The molecule has 3 rings (SSSR count). The van der Waals surface area contributed by atoms with Crippen molar-refractivity contribution in [1.82, 2.24) is 29.8 Å². The van der Waals surface area contributed by atoms with Crippen molar-refractivity contribution in [2.75, 3.05) is 13.7 Å². The lowest BCUT2D eigenvalue weighted by molar-refractivity contribution is 0.259. The second kappa shape index (κ2) is 7.54. The van der Waals surface area contributed by atoms with Crippen molar-refractivity contribution in [2.24, 2.45) is 0 Å². The molecule has 8 heteroatoms. The van der Waals surface area contributed by atoms with Gasteiger partial charge in [-0.25, -0.2) is 0 Å². The lowest BCUT2D eigenvalue weighted by atomic mass is 10.2. The average molecular weight is 342 g/mol. The summed E-state index contributed by atoms with van der Waals surface area (Å²) < 4.78 is 7.19. The number of aliphatic hydroxyl groups is 1. The summed E-state index contributed by atoms with van der Waals surface area (Å²) in [6.45, 7) is 5.85. The molecule has 0 amide bonds. The number of aliphatic hydroxyl groups excluding tert-OH is 1. The molecule has 3 aromatic heterocycles. The van der Waals surface area contributed by atoms with Crippen LogP contribution in [0.25, 0.3) is 11.4 Å². The van der Waals surface area contributed by atoms with E-state index >= 15 is 0 Å². The predicted octanol–water partition coefficient (Wildman–Crippen LogP) is 1.57. The summed E-state index contributed by atoms with van der Waals surface area (Å²) >= 11 is 0. The molecule has 25 heavy (non-hydrogen) atoms. The number of hydrogen-bond acceptors (Lipinski definition) is 7. The maximum absolute atomic E-state index is 9.11. The van der Waals surface area contributed by atoms with E-state index in [1.54, 1.807) is 12.4 Å². The van der Waals surface area contributed by atoms with Gasteiger partial charge in [0.25, 0.3) is 0 Å². The highest BCUT2D eigenvalue weighted by Crippen LogP contribution is 2.18. The van der Waals surface area contributed by atoms with E-state index in [4.69, 9.17) is 9.63 Å². The van der Waals surface area contributed by atoms with Crippen molar-refractivity contribution in [1.29, 1.82) is 0 Å². The van der Waals surface area contributed by atoms with E-state index in [2.05, 4.69) is 25.1 Å². The number of aromatic nitrogens is 5. The van der Waals surface area contributed by atoms with Gasteiger partial charge in [-0.2, -0.15) is 10.1 Å². The molecule has 0 radical (unpaired) electrons. The smallest absolute Gasteiger partial charge is 0.241 e. The SMILES string of the molecule is Cc1nn(CCO)c(C)c1CN(C)Cc1nc(-c2cccnc2)no1. The van der Waals surface area contributed by atoms with Crippen LogP contribution >= 0.6 is 0 Å². The van der Waals surface area contributed by atoms with Crippen LogP contribution < -0.4 is 0 Å². The predicted molar refractivity (Wildman–Crippen MR) is 91.5 cm³/mol. The molecule has 1 N–H and O–H groups in total. The topological polar surface area (TPSA) is 93.1 Å².